The van der Waals surface area contributed by atoms with Gasteiger partial charge in [0.15, 0.2) is 0 Å². The highest BCUT2D eigenvalue weighted by molar-refractivity contribution is 9.09. The van der Waals surface area contributed by atoms with Crippen LogP contribution in [0.5, 0.6) is 0 Å². The van der Waals surface area contributed by atoms with Gasteiger partial charge in [0.05, 0.1) is 0 Å². The van der Waals surface area contributed by atoms with Gasteiger partial charge in [0.1, 0.15) is 0 Å². The average molecular weight is 257 g/mol. The molecule has 2 heteroatoms. The summed E-state index contributed by atoms with van der Waals surface area (Å²) < 4.78 is 5.05. The largest absolute Gasteiger partial charge is 0.385 e. The zero-order valence-corrected chi connectivity index (χ0v) is 10.4. The van der Waals surface area contributed by atoms with Crippen molar-refractivity contribution in [2.45, 2.75) is 24.6 Å². The Hall–Kier alpha value is -0.340. The van der Waals surface area contributed by atoms with Gasteiger partial charge in [-0.15, -0.1) is 0 Å². The van der Waals surface area contributed by atoms with Gasteiger partial charge in [-0.2, -0.15) is 0 Å². The van der Waals surface area contributed by atoms with Crippen molar-refractivity contribution in [2.75, 3.05) is 13.7 Å². The highest BCUT2D eigenvalue weighted by Gasteiger charge is 2.06. The first-order valence-corrected chi connectivity index (χ1v) is 5.83. The van der Waals surface area contributed by atoms with Gasteiger partial charge in [0.25, 0.3) is 0 Å². The summed E-state index contributed by atoms with van der Waals surface area (Å²) in [5.41, 5.74) is 2.79. The summed E-state index contributed by atoms with van der Waals surface area (Å²) in [7, 11) is 1.74. The van der Waals surface area contributed by atoms with Crippen LogP contribution in [-0.4, -0.2) is 18.5 Å². The van der Waals surface area contributed by atoms with Crippen molar-refractivity contribution in [3.63, 3.8) is 0 Å². The molecule has 0 saturated carbocycles. The van der Waals surface area contributed by atoms with Crippen molar-refractivity contribution < 1.29 is 4.74 Å². The molecule has 0 spiro atoms. The van der Waals surface area contributed by atoms with Gasteiger partial charge in [-0.25, -0.2) is 0 Å². The molecule has 0 radical (unpaired) electrons. The predicted octanol–water partition coefficient (Wildman–Crippen LogP) is 3.34. The Bertz CT molecular complexity index is 273. The van der Waals surface area contributed by atoms with Crippen molar-refractivity contribution >= 4 is 15.9 Å². The fraction of sp³-hybridized carbons (Fsp3) is 0.500. The van der Waals surface area contributed by atoms with Crippen LogP contribution in [0.1, 0.15) is 17.5 Å². The van der Waals surface area contributed by atoms with Gasteiger partial charge in [0.2, 0.25) is 0 Å². The third kappa shape index (κ3) is 3.81. The highest BCUT2D eigenvalue weighted by atomic mass is 79.9. The quantitative estimate of drug-likeness (QED) is 0.735. The molecule has 0 aliphatic rings. The molecule has 0 saturated heterocycles. The van der Waals surface area contributed by atoms with Gasteiger partial charge in [-0.3, -0.25) is 0 Å². The summed E-state index contributed by atoms with van der Waals surface area (Å²) in [4.78, 5) is 0.517. The van der Waals surface area contributed by atoms with Crippen LogP contribution in [0.15, 0.2) is 24.3 Å². The van der Waals surface area contributed by atoms with E-state index in [1.165, 1.54) is 11.1 Å². The molecule has 0 bridgehead atoms. The molecule has 0 fully saturated rings. The Morgan fingerprint density at radius 2 is 2.07 bits per heavy atom. The lowest BCUT2D eigenvalue weighted by Crippen LogP contribution is -2.07. The van der Waals surface area contributed by atoms with Gasteiger partial charge in [-0.05, 0) is 30.9 Å². The Balaban J connectivity index is 2.47. The van der Waals surface area contributed by atoms with Crippen LogP contribution in [0.3, 0.4) is 0 Å². The number of ether oxygens (including phenoxy) is 1. The minimum absolute atomic E-state index is 0.517. The van der Waals surface area contributed by atoms with E-state index in [-0.39, 0.29) is 0 Å². The fourth-order valence-corrected chi connectivity index (χ4v) is 1.96. The molecule has 1 rings (SSSR count). The van der Waals surface area contributed by atoms with E-state index in [4.69, 9.17) is 4.74 Å². The zero-order chi connectivity index (χ0) is 10.4. The van der Waals surface area contributed by atoms with Crippen LogP contribution in [0.2, 0.25) is 0 Å². The molecular formula is C12H17BrO. The van der Waals surface area contributed by atoms with Crippen LogP contribution in [0.25, 0.3) is 0 Å². The van der Waals surface area contributed by atoms with E-state index in [1.807, 2.05) is 0 Å². The predicted molar refractivity (Wildman–Crippen MR) is 64.1 cm³/mol. The molecule has 0 aliphatic carbocycles. The summed E-state index contributed by atoms with van der Waals surface area (Å²) in [6.45, 7) is 2.98. The second kappa shape index (κ2) is 6.20. The normalized spacial score (nSPS) is 12.8. The lowest BCUT2D eigenvalue weighted by atomic mass is 10.0. The topological polar surface area (TPSA) is 9.23 Å². The minimum atomic E-state index is 0.517. The van der Waals surface area contributed by atoms with Crippen LogP contribution in [-0.2, 0) is 11.2 Å². The monoisotopic (exact) mass is 256 g/mol. The lowest BCUT2D eigenvalue weighted by Gasteiger charge is -2.10. The van der Waals surface area contributed by atoms with Crippen LogP contribution < -0.4 is 0 Å². The van der Waals surface area contributed by atoms with E-state index in [9.17, 15) is 0 Å². The molecule has 1 atom stereocenters. The number of hydrogen-bond donors (Lipinski definition) is 0. The second-order valence-electron chi connectivity index (χ2n) is 3.51. The van der Waals surface area contributed by atoms with Crippen LogP contribution in [0.4, 0.5) is 0 Å². The van der Waals surface area contributed by atoms with E-state index >= 15 is 0 Å². The van der Waals surface area contributed by atoms with Gasteiger partial charge in [0, 0.05) is 18.5 Å². The maximum absolute atomic E-state index is 5.05. The van der Waals surface area contributed by atoms with Crippen LogP contribution in [0, 0.1) is 6.92 Å². The minimum Gasteiger partial charge on any atom is -0.385 e. The van der Waals surface area contributed by atoms with Crippen molar-refractivity contribution in [1.29, 1.82) is 0 Å². The number of rotatable bonds is 5. The van der Waals surface area contributed by atoms with Crippen molar-refractivity contribution in [3.05, 3.63) is 35.4 Å². The van der Waals surface area contributed by atoms with E-state index in [2.05, 4.69) is 47.1 Å². The molecular weight excluding hydrogens is 240 g/mol. The summed E-state index contributed by atoms with van der Waals surface area (Å²) in [5.74, 6) is 0. The third-order valence-electron chi connectivity index (χ3n) is 2.34. The van der Waals surface area contributed by atoms with E-state index < -0.39 is 0 Å². The van der Waals surface area contributed by atoms with Gasteiger partial charge in [-0.1, -0.05) is 40.2 Å². The van der Waals surface area contributed by atoms with E-state index in [0.29, 0.717) is 4.83 Å². The van der Waals surface area contributed by atoms with Crippen molar-refractivity contribution in [1.82, 2.24) is 0 Å². The number of aryl methyl sites for hydroxylation is 1. The lowest BCUT2D eigenvalue weighted by molar-refractivity contribution is 0.194. The standard InChI is InChI=1S/C12H17BrO/c1-10-5-3-4-6-11(10)9-12(13)7-8-14-2/h3-6,12H,7-9H2,1-2H3. The Labute approximate surface area is 94.6 Å². The summed E-state index contributed by atoms with van der Waals surface area (Å²) >= 11 is 3.67. The zero-order valence-electron chi connectivity index (χ0n) is 8.79. The highest BCUT2D eigenvalue weighted by Crippen LogP contribution is 2.16. The molecule has 1 aromatic carbocycles. The average Bonchev–Trinajstić information content (AvgIpc) is 2.18. The number of benzene rings is 1. The molecule has 14 heavy (non-hydrogen) atoms. The van der Waals surface area contributed by atoms with E-state index in [1.54, 1.807) is 7.11 Å². The van der Waals surface area contributed by atoms with E-state index in [0.717, 1.165) is 19.4 Å². The maximum Gasteiger partial charge on any atom is 0.0473 e. The third-order valence-corrected chi connectivity index (χ3v) is 3.12. The Kier molecular flexibility index (Phi) is 5.20. The first kappa shape index (κ1) is 11.7. The molecule has 78 valence electrons. The van der Waals surface area contributed by atoms with Crippen molar-refractivity contribution in [3.8, 4) is 0 Å². The molecule has 0 aromatic heterocycles. The Morgan fingerprint density at radius 1 is 1.36 bits per heavy atom. The smallest absolute Gasteiger partial charge is 0.0473 e. The van der Waals surface area contributed by atoms with Gasteiger partial charge < -0.3 is 4.74 Å². The maximum atomic E-state index is 5.05. The molecule has 1 aromatic rings. The van der Waals surface area contributed by atoms with Crippen molar-refractivity contribution in [2.24, 2.45) is 0 Å². The molecule has 0 N–H and O–H groups in total. The van der Waals surface area contributed by atoms with Crippen LogP contribution >= 0.6 is 15.9 Å². The molecule has 0 heterocycles. The first-order valence-electron chi connectivity index (χ1n) is 4.91. The SMILES string of the molecule is COCCC(Br)Cc1ccccc1C. The number of methoxy groups -OCH3 is 1. The molecule has 1 nitrogen and oxygen atoms in total. The number of alkyl halides is 1. The summed E-state index contributed by atoms with van der Waals surface area (Å²) in [5, 5.41) is 0. The number of hydrogen-bond acceptors (Lipinski definition) is 1. The second-order valence-corrected chi connectivity index (χ2v) is 4.80. The Morgan fingerprint density at radius 3 is 2.71 bits per heavy atom. The fourth-order valence-electron chi connectivity index (χ4n) is 1.43. The molecule has 0 aliphatic heterocycles. The number of halogens is 1. The first-order chi connectivity index (χ1) is 6.74. The van der Waals surface area contributed by atoms with Gasteiger partial charge >= 0.3 is 0 Å². The molecule has 1 unspecified atom stereocenters. The summed E-state index contributed by atoms with van der Waals surface area (Å²) in [6.07, 6.45) is 2.14. The molecule has 0 amide bonds. The summed E-state index contributed by atoms with van der Waals surface area (Å²) in [6, 6.07) is 8.53.